The van der Waals surface area contributed by atoms with Crippen LogP contribution in [0.25, 0.3) is 11.1 Å². The van der Waals surface area contributed by atoms with Crippen LogP contribution in [0, 0.1) is 0 Å². The Labute approximate surface area is 260 Å². The summed E-state index contributed by atoms with van der Waals surface area (Å²) in [6.45, 7) is 4.17. The van der Waals surface area contributed by atoms with Gasteiger partial charge in [0.05, 0.1) is 28.3 Å². The molecule has 0 aliphatic rings. The van der Waals surface area contributed by atoms with E-state index >= 15 is 0 Å². The van der Waals surface area contributed by atoms with Gasteiger partial charge < -0.3 is 21.1 Å². The average molecular weight is 641 g/mol. The predicted octanol–water partition coefficient (Wildman–Crippen LogP) is 6.75. The highest BCUT2D eigenvalue weighted by atomic mass is 32.2. The molecule has 45 heavy (non-hydrogen) atoms. The molecule has 0 aliphatic heterocycles. The predicted molar refractivity (Wildman–Crippen MR) is 171 cm³/mol. The molecule has 1 heterocycles. The number of rotatable bonds is 12. The van der Waals surface area contributed by atoms with E-state index in [-0.39, 0.29) is 24.6 Å². The summed E-state index contributed by atoms with van der Waals surface area (Å²) < 4.78 is 56.2. The Kier molecular flexibility index (Phi) is 10.8. The average Bonchev–Trinajstić information content (AvgIpc) is 3.00. The van der Waals surface area contributed by atoms with Crippen LogP contribution in [0.5, 0.6) is 0 Å². The van der Waals surface area contributed by atoms with Crippen molar-refractivity contribution < 1.29 is 27.3 Å². The van der Waals surface area contributed by atoms with Crippen molar-refractivity contribution in [2.45, 2.75) is 43.8 Å². The van der Waals surface area contributed by atoms with Crippen molar-refractivity contribution in [3.05, 3.63) is 90.1 Å². The maximum atomic E-state index is 13.0. The molecule has 13 heteroatoms. The molecule has 1 aromatic heterocycles. The molecule has 238 valence electrons. The standard InChI is InChI=1S/C32H35F3N6O3S/c1-4-16-37-45(3,44)27-14-12-26(13-15-27)40-31-36-19-28(30(41-31)38-21(2)20-42)23-8-10-25(11-9-23)39-29(43)18-22-6-5-7-24(17-22)32(33,34)35/h5-15,17,19,21,42H,4,16,18,20H2,1-3H3,(H,39,43)(H2,36,38,40,41). The summed E-state index contributed by atoms with van der Waals surface area (Å²) in [7, 11) is -2.48. The fourth-order valence-corrected chi connectivity index (χ4v) is 5.60. The Bertz CT molecular complexity index is 1740. The minimum Gasteiger partial charge on any atom is -0.394 e. The molecule has 0 saturated heterocycles. The Morgan fingerprint density at radius 3 is 2.38 bits per heavy atom. The highest BCUT2D eigenvalue weighted by Crippen LogP contribution is 2.31. The monoisotopic (exact) mass is 640 g/mol. The first-order valence-electron chi connectivity index (χ1n) is 14.2. The molecule has 4 N–H and O–H groups in total. The normalized spacial score (nSPS) is 13.4. The van der Waals surface area contributed by atoms with E-state index in [4.69, 9.17) is 0 Å². The quantitative estimate of drug-likeness (QED) is 0.135. The highest BCUT2D eigenvalue weighted by Gasteiger charge is 2.30. The topological polar surface area (TPSA) is 129 Å². The summed E-state index contributed by atoms with van der Waals surface area (Å²) >= 11 is 0. The number of nitrogens with zero attached hydrogens (tertiary/aromatic N) is 3. The van der Waals surface area contributed by atoms with E-state index in [0.717, 1.165) is 24.1 Å². The summed E-state index contributed by atoms with van der Waals surface area (Å²) in [6.07, 6.45) is -0.638. The number of alkyl halides is 3. The van der Waals surface area contributed by atoms with Gasteiger partial charge in [0.15, 0.2) is 0 Å². The number of carbonyl (C=O) groups excluding carboxylic acids is 1. The van der Waals surface area contributed by atoms with Crippen LogP contribution in [0.1, 0.15) is 31.4 Å². The van der Waals surface area contributed by atoms with E-state index in [2.05, 4.69) is 30.3 Å². The first kappa shape index (κ1) is 33.4. The molecule has 0 fully saturated rings. The van der Waals surface area contributed by atoms with Crippen molar-refractivity contribution in [3.8, 4) is 11.1 Å². The van der Waals surface area contributed by atoms with E-state index in [0.29, 0.717) is 40.1 Å². The van der Waals surface area contributed by atoms with Crippen molar-refractivity contribution in [2.24, 2.45) is 4.36 Å². The lowest BCUT2D eigenvalue weighted by molar-refractivity contribution is -0.137. The molecule has 0 spiro atoms. The summed E-state index contributed by atoms with van der Waals surface area (Å²) in [5, 5.41) is 18.7. The van der Waals surface area contributed by atoms with Gasteiger partial charge in [0.1, 0.15) is 5.82 Å². The van der Waals surface area contributed by atoms with E-state index in [1.165, 1.54) is 12.1 Å². The Morgan fingerprint density at radius 2 is 1.73 bits per heavy atom. The molecule has 4 rings (SSSR count). The van der Waals surface area contributed by atoms with Crippen molar-refractivity contribution in [2.75, 3.05) is 35.4 Å². The Balaban J connectivity index is 1.49. The largest absolute Gasteiger partial charge is 0.416 e. The van der Waals surface area contributed by atoms with Gasteiger partial charge >= 0.3 is 6.18 Å². The molecule has 0 saturated carbocycles. The number of benzene rings is 3. The molecule has 3 aromatic carbocycles. The number of nitrogens with one attached hydrogen (secondary N) is 3. The minimum absolute atomic E-state index is 0.135. The highest BCUT2D eigenvalue weighted by molar-refractivity contribution is 7.93. The lowest BCUT2D eigenvalue weighted by Gasteiger charge is -2.17. The molecular formula is C32H35F3N6O3S. The molecule has 9 nitrogen and oxygen atoms in total. The second-order valence-electron chi connectivity index (χ2n) is 10.5. The number of aliphatic hydroxyl groups excluding tert-OH is 1. The van der Waals surface area contributed by atoms with Gasteiger partial charge in [-0.25, -0.2) is 13.6 Å². The zero-order valence-electron chi connectivity index (χ0n) is 25.1. The smallest absolute Gasteiger partial charge is 0.394 e. The number of aromatic nitrogens is 2. The van der Waals surface area contributed by atoms with E-state index in [1.807, 2.05) is 6.92 Å². The van der Waals surface area contributed by atoms with Crippen molar-refractivity contribution in [3.63, 3.8) is 0 Å². The molecule has 0 bridgehead atoms. The van der Waals surface area contributed by atoms with Crippen LogP contribution in [-0.2, 0) is 27.1 Å². The van der Waals surface area contributed by atoms with Gasteiger partial charge in [-0.3, -0.25) is 4.79 Å². The van der Waals surface area contributed by atoms with Crippen LogP contribution in [0.15, 0.2) is 88.3 Å². The second-order valence-corrected chi connectivity index (χ2v) is 12.8. The third-order valence-corrected chi connectivity index (χ3v) is 8.48. The van der Waals surface area contributed by atoms with Crippen molar-refractivity contribution >= 4 is 38.8 Å². The Morgan fingerprint density at radius 1 is 1.04 bits per heavy atom. The molecule has 0 radical (unpaired) electrons. The number of hydrogen-bond donors (Lipinski definition) is 4. The molecule has 2 atom stereocenters. The lowest BCUT2D eigenvalue weighted by Crippen LogP contribution is -2.21. The minimum atomic E-state index is -4.49. The fraction of sp³-hybridized carbons (Fsp3) is 0.281. The van der Waals surface area contributed by atoms with E-state index in [1.54, 1.807) is 67.9 Å². The van der Waals surface area contributed by atoms with Gasteiger partial charge in [0, 0.05) is 46.9 Å². The first-order chi connectivity index (χ1) is 21.4. The maximum Gasteiger partial charge on any atom is 0.416 e. The van der Waals surface area contributed by atoms with Gasteiger partial charge in [0.2, 0.25) is 11.9 Å². The fourth-order valence-electron chi connectivity index (χ4n) is 4.28. The van der Waals surface area contributed by atoms with Crippen LogP contribution in [0.2, 0.25) is 0 Å². The SMILES string of the molecule is CCCN=S(C)(=O)c1ccc(Nc2ncc(-c3ccc(NC(=O)Cc4cccc(C(F)(F)F)c4)cc3)c(NC(C)CO)n2)cc1. The summed E-state index contributed by atoms with van der Waals surface area (Å²) in [6, 6.07) is 18.3. The zero-order valence-corrected chi connectivity index (χ0v) is 25.9. The van der Waals surface area contributed by atoms with Gasteiger partial charge in [-0.2, -0.15) is 18.2 Å². The second kappa shape index (κ2) is 14.5. The summed E-state index contributed by atoms with van der Waals surface area (Å²) in [5.41, 5.74) is 1.96. The summed E-state index contributed by atoms with van der Waals surface area (Å²) in [5.74, 6) is 0.303. The molecular weight excluding hydrogens is 605 g/mol. The van der Waals surface area contributed by atoms with E-state index in [9.17, 15) is 27.3 Å². The summed E-state index contributed by atoms with van der Waals surface area (Å²) in [4.78, 5) is 22.2. The van der Waals surface area contributed by atoms with E-state index < -0.39 is 27.4 Å². The zero-order chi connectivity index (χ0) is 32.6. The van der Waals surface area contributed by atoms with Gasteiger partial charge in [0.25, 0.3) is 0 Å². The lowest BCUT2D eigenvalue weighted by atomic mass is 10.1. The van der Waals surface area contributed by atoms with Gasteiger partial charge in [-0.05, 0) is 66.9 Å². The molecule has 2 unspecified atom stereocenters. The Hall–Kier alpha value is -4.49. The first-order valence-corrected chi connectivity index (χ1v) is 16.2. The van der Waals surface area contributed by atoms with Crippen molar-refractivity contribution in [1.29, 1.82) is 0 Å². The number of carbonyl (C=O) groups is 1. The number of hydrogen-bond acceptors (Lipinski definition) is 8. The molecule has 4 aromatic rings. The van der Waals surface area contributed by atoms with Crippen LogP contribution in [-0.4, -0.2) is 50.6 Å². The third kappa shape index (κ3) is 9.25. The van der Waals surface area contributed by atoms with Crippen LogP contribution in [0.3, 0.4) is 0 Å². The van der Waals surface area contributed by atoms with Gasteiger partial charge in [-0.1, -0.05) is 37.3 Å². The van der Waals surface area contributed by atoms with Gasteiger partial charge in [-0.15, -0.1) is 0 Å². The van der Waals surface area contributed by atoms with Crippen molar-refractivity contribution in [1.82, 2.24) is 9.97 Å². The number of amides is 1. The van der Waals surface area contributed by atoms with Crippen LogP contribution in [0.4, 0.5) is 36.3 Å². The van der Waals surface area contributed by atoms with Crippen LogP contribution < -0.4 is 16.0 Å². The molecule has 0 aliphatic carbocycles. The number of aliphatic hydroxyl groups is 1. The molecule has 1 amide bonds. The third-order valence-electron chi connectivity index (χ3n) is 6.65. The van der Waals surface area contributed by atoms with Crippen LogP contribution >= 0.6 is 0 Å². The maximum absolute atomic E-state index is 13.0. The number of anilines is 4. The number of halogens is 3.